The van der Waals surface area contributed by atoms with E-state index in [1.54, 1.807) is 0 Å². The van der Waals surface area contributed by atoms with Crippen molar-refractivity contribution in [3.63, 3.8) is 0 Å². The second kappa shape index (κ2) is 15.9. The van der Waals surface area contributed by atoms with Crippen molar-refractivity contribution in [2.75, 3.05) is 53.4 Å². The molecule has 0 unspecified atom stereocenters. The van der Waals surface area contributed by atoms with Crippen molar-refractivity contribution in [3.8, 4) is 0 Å². The fourth-order valence-corrected chi connectivity index (χ4v) is 1.55. The predicted octanol–water partition coefficient (Wildman–Crippen LogP) is 2.29. The van der Waals surface area contributed by atoms with E-state index < -0.39 is 0 Å². The van der Waals surface area contributed by atoms with Crippen LogP contribution in [0.15, 0.2) is 0 Å². The fourth-order valence-electron chi connectivity index (χ4n) is 1.55. The molecule has 0 amide bonds. The summed E-state index contributed by atoms with van der Waals surface area (Å²) in [6.45, 7) is 15.5. The van der Waals surface area contributed by atoms with Crippen molar-refractivity contribution in [1.82, 2.24) is 15.1 Å². The summed E-state index contributed by atoms with van der Waals surface area (Å²) in [5, 5.41) is 3.36. The Balaban J connectivity index is 0. The quantitative estimate of drug-likeness (QED) is 0.820. The van der Waals surface area contributed by atoms with Crippen LogP contribution in [0.3, 0.4) is 0 Å². The Labute approximate surface area is 110 Å². The van der Waals surface area contributed by atoms with E-state index in [-0.39, 0.29) is 0 Å². The summed E-state index contributed by atoms with van der Waals surface area (Å²) in [5.74, 6) is 0. The Morgan fingerprint density at radius 1 is 1.06 bits per heavy atom. The van der Waals surface area contributed by atoms with Gasteiger partial charge in [0.25, 0.3) is 0 Å². The van der Waals surface area contributed by atoms with Gasteiger partial charge < -0.3 is 15.1 Å². The van der Waals surface area contributed by atoms with E-state index in [4.69, 9.17) is 0 Å². The molecule has 3 nitrogen and oxygen atoms in total. The highest BCUT2D eigenvalue weighted by atomic mass is 15.2. The zero-order valence-electron chi connectivity index (χ0n) is 13.1. The second-order valence-electron chi connectivity index (χ2n) is 4.46. The summed E-state index contributed by atoms with van der Waals surface area (Å²) in [7, 11) is 4.27. The third-order valence-corrected chi connectivity index (χ3v) is 2.29. The third kappa shape index (κ3) is 15.9. The second-order valence-corrected chi connectivity index (χ2v) is 4.46. The minimum Gasteiger partial charge on any atom is -0.314 e. The summed E-state index contributed by atoms with van der Waals surface area (Å²) in [6.07, 6.45) is 2.55. The average molecular weight is 245 g/mol. The monoisotopic (exact) mass is 245 g/mol. The summed E-state index contributed by atoms with van der Waals surface area (Å²) in [6, 6.07) is 0. The number of nitrogens with one attached hydrogen (secondary N) is 1. The lowest BCUT2D eigenvalue weighted by atomic mass is 10.3. The smallest absolute Gasteiger partial charge is 0.0107 e. The van der Waals surface area contributed by atoms with E-state index in [1.807, 2.05) is 13.8 Å². The zero-order valence-corrected chi connectivity index (χ0v) is 13.1. The number of hydrogen-bond acceptors (Lipinski definition) is 3. The van der Waals surface area contributed by atoms with Crippen molar-refractivity contribution in [3.05, 3.63) is 0 Å². The number of piperazine rings is 1. The Morgan fingerprint density at radius 3 is 1.94 bits per heavy atom. The molecule has 106 valence electrons. The van der Waals surface area contributed by atoms with Crippen LogP contribution in [0.2, 0.25) is 0 Å². The van der Waals surface area contributed by atoms with Crippen LogP contribution >= 0.6 is 0 Å². The van der Waals surface area contributed by atoms with E-state index in [2.05, 4.69) is 43.1 Å². The molecule has 0 bridgehead atoms. The molecule has 1 N–H and O–H groups in total. The van der Waals surface area contributed by atoms with Gasteiger partial charge in [0.1, 0.15) is 0 Å². The van der Waals surface area contributed by atoms with Crippen molar-refractivity contribution in [2.45, 2.75) is 40.5 Å². The largest absolute Gasteiger partial charge is 0.314 e. The predicted molar refractivity (Wildman–Crippen MR) is 79.8 cm³/mol. The van der Waals surface area contributed by atoms with Gasteiger partial charge in [-0.25, -0.2) is 0 Å². The van der Waals surface area contributed by atoms with Crippen LogP contribution in [0, 0.1) is 0 Å². The van der Waals surface area contributed by atoms with Gasteiger partial charge in [-0.05, 0) is 33.6 Å². The van der Waals surface area contributed by atoms with Crippen LogP contribution < -0.4 is 5.32 Å². The van der Waals surface area contributed by atoms with Gasteiger partial charge in [0, 0.05) is 26.2 Å². The minimum atomic E-state index is 1.17. The maximum Gasteiger partial charge on any atom is 0.0107 e. The SMILES string of the molecule is CC.CCC.CN(C)CCCN1CCNCC1. The van der Waals surface area contributed by atoms with Crippen LogP contribution in [0.1, 0.15) is 40.5 Å². The van der Waals surface area contributed by atoms with Crippen LogP contribution in [0.25, 0.3) is 0 Å². The van der Waals surface area contributed by atoms with Gasteiger partial charge in [-0.1, -0.05) is 34.1 Å². The van der Waals surface area contributed by atoms with Crippen molar-refractivity contribution in [2.24, 2.45) is 0 Å². The van der Waals surface area contributed by atoms with E-state index in [0.29, 0.717) is 0 Å². The van der Waals surface area contributed by atoms with Gasteiger partial charge in [0.05, 0.1) is 0 Å². The zero-order chi connectivity index (χ0) is 13.5. The van der Waals surface area contributed by atoms with Crippen molar-refractivity contribution < 1.29 is 0 Å². The Kier molecular flexibility index (Phi) is 18.0. The first kappa shape index (κ1) is 19.2. The molecule has 1 rings (SSSR count). The summed E-state index contributed by atoms with van der Waals surface area (Å²) >= 11 is 0. The molecule has 1 heterocycles. The van der Waals surface area contributed by atoms with Gasteiger partial charge in [-0.2, -0.15) is 0 Å². The normalized spacial score (nSPS) is 15.7. The van der Waals surface area contributed by atoms with Crippen molar-refractivity contribution >= 4 is 0 Å². The molecule has 0 saturated carbocycles. The maximum absolute atomic E-state index is 3.36. The van der Waals surface area contributed by atoms with E-state index in [9.17, 15) is 0 Å². The first-order chi connectivity index (χ1) is 8.20. The highest BCUT2D eigenvalue weighted by Gasteiger charge is 2.07. The molecule has 3 heteroatoms. The van der Waals surface area contributed by atoms with E-state index >= 15 is 0 Å². The molecule has 1 aliphatic heterocycles. The molecular weight excluding hydrogens is 210 g/mol. The highest BCUT2D eigenvalue weighted by Crippen LogP contribution is 1.94. The van der Waals surface area contributed by atoms with Gasteiger partial charge >= 0.3 is 0 Å². The Morgan fingerprint density at radius 2 is 1.53 bits per heavy atom. The van der Waals surface area contributed by atoms with Gasteiger partial charge in [-0.15, -0.1) is 0 Å². The molecule has 17 heavy (non-hydrogen) atoms. The van der Waals surface area contributed by atoms with Gasteiger partial charge in [0.2, 0.25) is 0 Å². The first-order valence-corrected chi connectivity index (χ1v) is 7.28. The summed E-state index contributed by atoms with van der Waals surface area (Å²) in [4.78, 5) is 4.79. The van der Waals surface area contributed by atoms with Crippen LogP contribution in [0.5, 0.6) is 0 Å². The minimum absolute atomic E-state index is 1.17. The van der Waals surface area contributed by atoms with E-state index in [1.165, 1.54) is 52.1 Å². The summed E-state index contributed by atoms with van der Waals surface area (Å²) < 4.78 is 0. The fraction of sp³-hybridized carbons (Fsp3) is 1.00. The standard InChI is InChI=1S/C9H21N3.C3H8.C2H6/c1-11(2)6-3-7-12-8-4-10-5-9-12;1-3-2;1-2/h10H,3-9H2,1-2H3;3H2,1-2H3;1-2H3. The molecule has 0 radical (unpaired) electrons. The first-order valence-electron chi connectivity index (χ1n) is 7.28. The molecule has 0 aliphatic carbocycles. The maximum atomic E-state index is 3.36. The van der Waals surface area contributed by atoms with E-state index in [0.717, 1.165) is 0 Å². The molecule has 1 aliphatic rings. The molecule has 0 spiro atoms. The number of nitrogens with zero attached hydrogens (tertiary/aromatic N) is 2. The topological polar surface area (TPSA) is 18.5 Å². The molecular formula is C14H35N3. The molecule has 0 atom stereocenters. The van der Waals surface area contributed by atoms with Gasteiger partial charge in [0.15, 0.2) is 0 Å². The van der Waals surface area contributed by atoms with Crippen LogP contribution in [0.4, 0.5) is 0 Å². The Bertz CT molecular complexity index is 121. The lowest BCUT2D eigenvalue weighted by Gasteiger charge is -2.27. The molecule has 0 aromatic rings. The lowest BCUT2D eigenvalue weighted by Crippen LogP contribution is -2.44. The van der Waals surface area contributed by atoms with Crippen molar-refractivity contribution in [1.29, 1.82) is 0 Å². The third-order valence-electron chi connectivity index (χ3n) is 2.29. The molecule has 1 fully saturated rings. The Hall–Kier alpha value is -0.120. The average Bonchev–Trinajstić information content (AvgIpc) is 2.33. The number of rotatable bonds is 4. The summed E-state index contributed by atoms with van der Waals surface area (Å²) in [5.41, 5.74) is 0. The number of hydrogen-bond donors (Lipinski definition) is 1. The molecule has 0 aromatic heterocycles. The van der Waals surface area contributed by atoms with Crippen LogP contribution in [-0.2, 0) is 0 Å². The lowest BCUT2D eigenvalue weighted by molar-refractivity contribution is 0.228. The molecule has 1 saturated heterocycles. The van der Waals surface area contributed by atoms with Gasteiger partial charge in [-0.3, -0.25) is 0 Å². The highest BCUT2D eigenvalue weighted by molar-refractivity contribution is 4.67. The molecule has 0 aromatic carbocycles. The van der Waals surface area contributed by atoms with Crippen LogP contribution in [-0.4, -0.2) is 63.2 Å².